The fraction of sp³-hybridized carbons (Fsp3) is 0.580. The van der Waals surface area contributed by atoms with Crippen LogP contribution in [0.4, 0.5) is 46.3 Å². The van der Waals surface area contributed by atoms with Gasteiger partial charge in [0, 0.05) is 97.3 Å². The van der Waals surface area contributed by atoms with Crippen molar-refractivity contribution in [3.63, 3.8) is 0 Å². The normalized spacial score (nSPS) is 15.9. The number of carbonyl (C=O) groups is 17. The van der Waals surface area contributed by atoms with Crippen LogP contribution in [0.5, 0.6) is 5.75 Å². The number of piperazine rings is 3. The van der Waals surface area contributed by atoms with E-state index in [0.717, 1.165) is 20.9 Å². The maximum absolute atomic E-state index is 12.6. The summed E-state index contributed by atoms with van der Waals surface area (Å²) < 4.78 is 119. The van der Waals surface area contributed by atoms with Gasteiger partial charge < -0.3 is 135 Å². The number of halogens is 6. The maximum Gasteiger partial charge on any atom is 1.00 e. The third-order valence-electron chi connectivity index (χ3n) is 18.8. The van der Waals surface area contributed by atoms with Crippen molar-refractivity contribution in [3.8, 4) is 5.75 Å². The first-order valence-corrected chi connectivity index (χ1v) is 43.5. The zero-order valence-electron chi connectivity index (χ0n) is 82.6. The summed E-state index contributed by atoms with van der Waals surface area (Å²) in [6.45, 7) is 41.1. The van der Waals surface area contributed by atoms with Crippen LogP contribution in [0.1, 0.15) is 183 Å². The Balaban J connectivity index is 0.000000544. The van der Waals surface area contributed by atoms with Gasteiger partial charge >= 0.3 is 108 Å². The molecule has 3 aromatic heterocycles. The Morgan fingerprint density at radius 3 is 1.19 bits per heavy atom. The van der Waals surface area contributed by atoms with Crippen molar-refractivity contribution in [2.75, 3.05) is 121 Å². The summed E-state index contributed by atoms with van der Waals surface area (Å²) in [7, 11) is 7.74. The number of hydrogen-bond donors (Lipinski definition) is 2. The Morgan fingerprint density at radius 1 is 0.453 bits per heavy atom. The molecule has 1 aromatic carbocycles. The SMILES string of the molecule is C=C(Cl)C(=O)OC.CC(C)(C)OC(=O)N1CCN(C=O)C(C(=O)[O-])C1.COC(=O)C1CN(C(=O)OC(C)(C)C)CCN1.COC(=O)C1CN(C(=O)OC(C)(C)C)CCN1C=O.COC(=O)c1cc(Br)n2c1CN(C(=O)OC(C)(C)C)CC2.COC(=O)c1cc(C(=O)O)n2c1CN(C(=O)OC(C)(C)C)CC2.COC(=O)c1ccn2c1CN(C(=O)OC(C)(C)C)CC2.O=COc1cc(F)c(F)c(F)c1F.[Na+]. The van der Waals surface area contributed by atoms with Gasteiger partial charge in [-0.15, -0.1) is 0 Å². The van der Waals surface area contributed by atoms with E-state index in [4.69, 9.17) is 54.2 Å². The first-order valence-electron chi connectivity index (χ1n) is 42.3. The fourth-order valence-corrected chi connectivity index (χ4v) is 13.2. The van der Waals surface area contributed by atoms with Crippen LogP contribution in [0.2, 0.25) is 0 Å². The van der Waals surface area contributed by atoms with Crippen LogP contribution in [-0.2, 0) is 130 Å². The maximum atomic E-state index is 12.6. The van der Waals surface area contributed by atoms with E-state index in [2.05, 4.69) is 46.8 Å². The second-order valence-corrected chi connectivity index (χ2v) is 37.4. The van der Waals surface area contributed by atoms with Crippen molar-refractivity contribution in [2.45, 2.75) is 216 Å². The van der Waals surface area contributed by atoms with Crippen LogP contribution in [0.15, 0.2) is 46.7 Å². The number of hydrogen-bond acceptors (Lipinski definition) is 32. The predicted octanol–water partition coefficient (Wildman–Crippen LogP) is 5.65. The van der Waals surface area contributed by atoms with E-state index in [1.54, 1.807) is 84.2 Å². The minimum Gasteiger partial charge on any atom is -0.548 e. The summed E-state index contributed by atoms with van der Waals surface area (Å²) in [5, 5.41) is 23.0. The minimum absolute atomic E-state index is 0. The summed E-state index contributed by atoms with van der Waals surface area (Å²) in [5.41, 5.74) is -0.359. The summed E-state index contributed by atoms with van der Waals surface area (Å²) in [4.78, 5) is 205. The molecule has 2 N–H and O–H groups in total. The third kappa shape index (κ3) is 39.7. The van der Waals surface area contributed by atoms with Crippen LogP contribution in [0, 0.1) is 23.3 Å². The Kier molecular flexibility index (Phi) is 48.3. The molecule has 3 unspecified atom stereocenters. The molecule has 6 aliphatic rings. The van der Waals surface area contributed by atoms with Gasteiger partial charge in [-0.1, -0.05) is 18.2 Å². The van der Waals surface area contributed by atoms with Crippen molar-refractivity contribution in [3.05, 3.63) is 109 Å². The van der Waals surface area contributed by atoms with Gasteiger partial charge in [-0.25, -0.2) is 70.7 Å². The van der Waals surface area contributed by atoms with E-state index in [9.17, 15) is 109 Å². The minimum atomic E-state index is -2.02. The first kappa shape index (κ1) is 123. The van der Waals surface area contributed by atoms with Crippen LogP contribution in [0.3, 0.4) is 0 Å². The zero-order valence-corrected chi connectivity index (χ0v) is 86.9. The summed E-state index contributed by atoms with van der Waals surface area (Å²) in [6, 6.07) is 2.60. The number of benzene rings is 1. The first-order chi connectivity index (χ1) is 63.8. The summed E-state index contributed by atoms with van der Waals surface area (Å²) in [6.07, 6.45) is 0.175. The molecular formula is C88H123BrClF4N12NaO32. The molecule has 51 heteroatoms. The number of esters is 6. The largest absolute Gasteiger partial charge is 1.00 e. The van der Waals surface area contributed by atoms with Gasteiger partial charge in [0.05, 0.1) is 126 Å². The van der Waals surface area contributed by atoms with E-state index in [-0.39, 0.29) is 135 Å². The van der Waals surface area contributed by atoms with Gasteiger partial charge in [0.25, 0.3) is 6.47 Å². The molecular weight excluding hydrogens is 1950 g/mol. The predicted molar refractivity (Wildman–Crippen MR) is 479 cm³/mol. The van der Waals surface area contributed by atoms with E-state index in [0.29, 0.717) is 95.1 Å². The Bertz CT molecular complexity index is 5010. The Morgan fingerprint density at radius 2 is 0.820 bits per heavy atom. The number of carboxylic acid groups (broad SMARTS) is 2. The Hall–Kier alpha value is -12.0. The molecule has 10 rings (SSSR count). The number of methoxy groups -OCH3 is 6. The molecule has 0 aliphatic carbocycles. The quantitative estimate of drug-likeness (QED) is 0.0253. The number of rotatable bonds is 12. The molecule has 3 saturated heterocycles. The average Bonchev–Trinajstić information content (AvgIpc) is 1.63. The second-order valence-electron chi connectivity index (χ2n) is 36.2. The van der Waals surface area contributed by atoms with Crippen LogP contribution < -0.4 is 44.7 Å². The standard InChI is InChI=1S/C15H20N2O6.C14H19BrN2O4.C14H20N2O4.C12H20N2O5.C11H18N2O5.C11H20N2O4.C7H2F4O2.C4H5ClO2.Na/c1-15(2,3)23-14(21)16-5-6-17-10(12(18)19)7-9(11(17)8-16)13(20)22-4;1-14(2,3)21-13(19)16-5-6-17-10(8-16)9(7-11(17)15)12(18)20-4;1-14(2,3)20-13(18)16-8-7-15-6-5-10(11(15)9-16)12(17)19-4;1-12(2,3)19-11(17)13-5-6-14(8-15)9(7-13)10(16)18-4;1-11(2,3)18-10(17)12-4-5-13(7-14)8(6-12)9(15)16;1-11(2,3)17-10(15)13-6-5-12-8(7-13)9(14)16-4;8-3-1-4(13-2-12)6(10)7(11)5(3)9;1-3(5)4(6)7-2;/h7H,5-6,8H2,1-4H3,(H,18,19);7H,5-6,8H2,1-4H3;5-6H,7-9H2,1-4H3;8-9H,5-7H2,1-4H3;7-8H,4-6H2,1-3H3,(H,15,16);8,12H,5-7H2,1-4H3;1-2H;1H2,2H3;/q;;;;;;;;+1/p-1. The molecule has 3 atom stereocenters. The van der Waals surface area contributed by atoms with Gasteiger partial charge in [0.2, 0.25) is 24.5 Å². The third-order valence-corrected chi connectivity index (χ3v) is 19.6. The van der Waals surface area contributed by atoms with Crippen LogP contribution in [-0.4, -0.2) is 335 Å². The molecule has 9 heterocycles. The molecule has 3 fully saturated rings. The number of aliphatic carboxylic acids is 1. The fourth-order valence-electron chi connectivity index (χ4n) is 12.5. The van der Waals surface area contributed by atoms with Crippen molar-refractivity contribution in [2.24, 2.45) is 0 Å². The van der Waals surface area contributed by atoms with Gasteiger partial charge in [0.1, 0.15) is 56.4 Å². The monoisotopic (exact) mass is 2070 g/mol. The Labute approximate surface area is 836 Å². The van der Waals surface area contributed by atoms with Gasteiger partial charge in [-0.2, -0.15) is 4.39 Å². The van der Waals surface area contributed by atoms with E-state index in [1.807, 2.05) is 77.6 Å². The van der Waals surface area contributed by atoms with Gasteiger partial charge in [-0.05, 0) is 159 Å². The molecule has 44 nitrogen and oxygen atoms in total. The van der Waals surface area contributed by atoms with E-state index < -0.39 is 141 Å². The van der Waals surface area contributed by atoms with Gasteiger partial charge in [-0.3, -0.25) is 19.2 Å². The number of aromatic nitrogens is 3. The second kappa shape index (κ2) is 54.6. The van der Waals surface area contributed by atoms with Crippen molar-refractivity contribution in [1.82, 2.24) is 58.2 Å². The number of carbonyl (C=O) groups excluding carboxylic acids is 16. The number of nitrogens with one attached hydrogen (secondary N) is 1. The molecule has 0 bridgehead atoms. The number of aromatic carboxylic acids is 1. The number of ether oxygens (including phenoxy) is 13. The van der Waals surface area contributed by atoms with E-state index in [1.165, 1.54) is 77.8 Å². The van der Waals surface area contributed by atoms with Crippen molar-refractivity contribution in [1.29, 1.82) is 0 Å². The molecule has 4 aromatic rings. The number of nitrogens with zero attached hydrogens (tertiary/aromatic N) is 11. The number of amides is 8. The van der Waals surface area contributed by atoms with Gasteiger partial charge in [0.15, 0.2) is 17.4 Å². The zero-order chi connectivity index (χ0) is 106. The average molecular weight is 2080 g/mol. The molecule has 139 heavy (non-hydrogen) atoms. The molecule has 6 aliphatic heterocycles. The van der Waals surface area contributed by atoms with Crippen molar-refractivity contribution < 1.29 is 200 Å². The topological polar surface area (TPSA) is 506 Å². The van der Waals surface area contributed by atoms with Crippen LogP contribution in [0.25, 0.3) is 0 Å². The molecule has 0 saturated carbocycles. The van der Waals surface area contributed by atoms with Crippen LogP contribution >= 0.6 is 27.5 Å². The molecule has 0 radical (unpaired) electrons. The molecule has 8 amide bonds. The number of carboxylic acids is 2. The smallest absolute Gasteiger partial charge is 0.548 e. The molecule has 770 valence electrons. The molecule has 0 spiro atoms. The number of fused-ring (bicyclic) bond motifs is 3. The summed E-state index contributed by atoms with van der Waals surface area (Å²) in [5.74, 6) is -13.8. The summed E-state index contributed by atoms with van der Waals surface area (Å²) >= 11 is 8.49. The van der Waals surface area contributed by atoms with E-state index >= 15 is 0 Å². The van der Waals surface area contributed by atoms with Crippen molar-refractivity contribution >= 4 is 131 Å².